The van der Waals surface area contributed by atoms with E-state index in [9.17, 15) is 4.79 Å². The van der Waals surface area contributed by atoms with Crippen molar-refractivity contribution in [2.75, 3.05) is 26.7 Å². The normalized spacial score (nSPS) is 18.0. The minimum absolute atomic E-state index is 0.232. The first-order chi connectivity index (χ1) is 10.2. The molecule has 1 aromatic carbocycles. The van der Waals surface area contributed by atoms with E-state index in [1.807, 2.05) is 30.1 Å². The van der Waals surface area contributed by atoms with E-state index >= 15 is 0 Å². The Balaban J connectivity index is 1.71. The molecule has 1 amide bonds. The van der Waals surface area contributed by atoms with Gasteiger partial charge < -0.3 is 15.0 Å². The van der Waals surface area contributed by atoms with Crippen LogP contribution in [-0.4, -0.2) is 43.6 Å². The Labute approximate surface area is 131 Å². The second-order valence-corrected chi connectivity index (χ2v) is 5.73. The number of rotatable bonds is 7. The number of ether oxygens (including phenoxy) is 1. The zero-order valence-corrected chi connectivity index (χ0v) is 13.2. The summed E-state index contributed by atoms with van der Waals surface area (Å²) in [6.45, 7) is 2.28. The van der Waals surface area contributed by atoms with Gasteiger partial charge in [-0.1, -0.05) is 23.7 Å². The van der Waals surface area contributed by atoms with Gasteiger partial charge in [-0.15, -0.1) is 0 Å². The van der Waals surface area contributed by atoms with Gasteiger partial charge in [0, 0.05) is 25.6 Å². The molecule has 1 saturated heterocycles. The van der Waals surface area contributed by atoms with Gasteiger partial charge in [-0.25, -0.2) is 0 Å². The molecule has 2 rings (SSSR count). The second-order valence-electron chi connectivity index (χ2n) is 5.32. The average molecular weight is 311 g/mol. The summed E-state index contributed by atoms with van der Waals surface area (Å²) in [5, 5.41) is 3.76. The van der Waals surface area contributed by atoms with E-state index in [0.29, 0.717) is 36.3 Å². The van der Waals surface area contributed by atoms with Gasteiger partial charge >= 0.3 is 0 Å². The van der Waals surface area contributed by atoms with Crippen LogP contribution in [0.4, 0.5) is 0 Å². The van der Waals surface area contributed by atoms with Crippen LogP contribution >= 0.6 is 11.6 Å². The lowest BCUT2D eigenvalue weighted by atomic mass is 10.2. The van der Waals surface area contributed by atoms with Crippen LogP contribution < -0.4 is 10.1 Å². The van der Waals surface area contributed by atoms with Crippen LogP contribution in [-0.2, 0) is 4.79 Å². The van der Waals surface area contributed by atoms with E-state index in [2.05, 4.69) is 5.32 Å². The van der Waals surface area contributed by atoms with Crippen molar-refractivity contribution in [2.24, 2.45) is 0 Å². The molecule has 0 saturated carbocycles. The summed E-state index contributed by atoms with van der Waals surface area (Å²) in [6, 6.07) is 7.75. The number of hydrogen-bond donors (Lipinski definition) is 1. The SMILES string of the molecule is CNCC1CCCN1C(=O)CCCOc1ccccc1Cl. The minimum Gasteiger partial charge on any atom is -0.492 e. The van der Waals surface area contributed by atoms with Gasteiger partial charge in [-0.2, -0.15) is 0 Å². The van der Waals surface area contributed by atoms with E-state index in [1.54, 1.807) is 6.07 Å². The van der Waals surface area contributed by atoms with Gasteiger partial charge in [0.1, 0.15) is 5.75 Å². The molecule has 1 aliphatic heterocycles. The smallest absolute Gasteiger partial charge is 0.222 e. The van der Waals surface area contributed by atoms with Crippen molar-refractivity contribution < 1.29 is 9.53 Å². The van der Waals surface area contributed by atoms with Gasteiger partial charge in [0.15, 0.2) is 0 Å². The molecule has 116 valence electrons. The van der Waals surface area contributed by atoms with E-state index in [4.69, 9.17) is 16.3 Å². The highest BCUT2D eigenvalue weighted by molar-refractivity contribution is 6.32. The van der Waals surface area contributed by atoms with Gasteiger partial charge in [0.2, 0.25) is 5.91 Å². The fourth-order valence-corrected chi connectivity index (χ4v) is 2.91. The molecular weight excluding hydrogens is 288 g/mol. The predicted octanol–water partition coefficient (Wildman–Crippen LogP) is 2.71. The number of benzene rings is 1. The fourth-order valence-electron chi connectivity index (χ4n) is 2.72. The number of halogens is 1. The number of likely N-dealkylation sites (N-methyl/N-ethyl adjacent to an activating group) is 1. The topological polar surface area (TPSA) is 41.6 Å². The zero-order valence-electron chi connectivity index (χ0n) is 12.5. The predicted molar refractivity (Wildman–Crippen MR) is 84.8 cm³/mol. The first-order valence-electron chi connectivity index (χ1n) is 7.53. The Hall–Kier alpha value is -1.26. The summed E-state index contributed by atoms with van der Waals surface area (Å²) in [7, 11) is 1.93. The molecule has 1 heterocycles. The Morgan fingerprint density at radius 3 is 3.05 bits per heavy atom. The van der Waals surface area contributed by atoms with Crippen LogP contribution in [0.3, 0.4) is 0 Å². The van der Waals surface area contributed by atoms with Crippen molar-refractivity contribution in [1.82, 2.24) is 10.2 Å². The summed E-state index contributed by atoms with van der Waals surface area (Å²) in [6.07, 6.45) is 3.45. The summed E-state index contributed by atoms with van der Waals surface area (Å²) in [5.74, 6) is 0.913. The number of amides is 1. The number of carbonyl (C=O) groups excluding carboxylic acids is 1. The number of carbonyl (C=O) groups is 1. The molecule has 0 bridgehead atoms. The molecule has 1 aliphatic rings. The van der Waals surface area contributed by atoms with Gasteiger partial charge in [0.05, 0.1) is 11.6 Å². The summed E-state index contributed by atoms with van der Waals surface area (Å²) >= 11 is 6.02. The molecule has 0 radical (unpaired) electrons. The van der Waals surface area contributed by atoms with Crippen molar-refractivity contribution >= 4 is 17.5 Å². The minimum atomic E-state index is 0.232. The van der Waals surface area contributed by atoms with Crippen LogP contribution in [0.5, 0.6) is 5.75 Å². The zero-order chi connectivity index (χ0) is 15.1. The van der Waals surface area contributed by atoms with Crippen molar-refractivity contribution in [1.29, 1.82) is 0 Å². The molecule has 1 fully saturated rings. The molecular formula is C16H23ClN2O2. The Morgan fingerprint density at radius 1 is 1.48 bits per heavy atom. The number of likely N-dealkylation sites (tertiary alicyclic amines) is 1. The van der Waals surface area contributed by atoms with Crippen LogP contribution in [0.2, 0.25) is 5.02 Å². The Morgan fingerprint density at radius 2 is 2.29 bits per heavy atom. The van der Waals surface area contributed by atoms with Gasteiger partial charge in [-0.3, -0.25) is 4.79 Å². The Bertz CT molecular complexity index is 467. The van der Waals surface area contributed by atoms with Gasteiger partial charge in [-0.05, 0) is 38.4 Å². The summed E-state index contributed by atoms with van der Waals surface area (Å²) in [5.41, 5.74) is 0. The first-order valence-corrected chi connectivity index (χ1v) is 7.91. The molecule has 1 unspecified atom stereocenters. The molecule has 1 N–H and O–H groups in total. The lowest BCUT2D eigenvalue weighted by molar-refractivity contribution is -0.132. The maximum Gasteiger partial charge on any atom is 0.222 e. The fraction of sp³-hybridized carbons (Fsp3) is 0.562. The number of nitrogens with one attached hydrogen (secondary N) is 1. The third-order valence-electron chi connectivity index (χ3n) is 3.77. The van der Waals surface area contributed by atoms with Crippen LogP contribution in [0.1, 0.15) is 25.7 Å². The van der Waals surface area contributed by atoms with E-state index in [1.165, 1.54) is 0 Å². The monoisotopic (exact) mass is 310 g/mol. The molecule has 1 atom stereocenters. The number of hydrogen-bond acceptors (Lipinski definition) is 3. The lowest BCUT2D eigenvalue weighted by Crippen LogP contribution is -2.40. The molecule has 4 nitrogen and oxygen atoms in total. The summed E-state index contributed by atoms with van der Waals surface area (Å²) < 4.78 is 5.61. The van der Waals surface area contributed by atoms with Crippen LogP contribution in [0.15, 0.2) is 24.3 Å². The second kappa shape index (κ2) is 8.25. The molecule has 21 heavy (non-hydrogen) atoms. The van der Waals surface area contributed by atoms with E-state index in [-0.39, 0.29) is 5.91 Å². The molecule has 0 aliphatic carbocycles. The van der Waals surface area contributed by atoms with Crippen molar-refractivity contribution in [3.05, 3.63) is 29.3 Å². The third kappa shape index (κ3) is 4.61. The highest BCUT2D eigenvalue weighted by Crippen LogP contribution is 2.23. The molecule has 5 heteroatoms. The highest BCUT2D eigenvalue weighted by Gasteiger charge is 2.27. The quantitative estimate of drug-likeness (QED) is 0.787. The maximum absolute atomic E-state index is 12.2. The number of para-hydroxylation sites is 1. The largest absolute Gasteiger partial charge is 0.492 e. The number of nitrogens with zero attached hydrogens (tertiary/aromatic N) is 1. The standard InChI is InChI=1S/C16H23ClN2O2/c1-18-12-13-6-4-10-19(13)16(20)9-5-11-21-15-8-3-2-7-14(15)17/h2-3,7-8,13,18H,4-6,9-12H2,1H3. The van der Waals surface area contributed by atoms with Crippen LogP contribution in [0, 0.1) is 0 Å². The van der Waals surface area contributed by atoms with E-state index in [0.717, 1.165) is 25.9 Å². The van der Waals surface area contributed by atoms with Crippen LogP contribution in [0.25, 0.3) is 0 Å². The van der Waals surface area contributed by atoms with Crippen molar-refractivity contribution in [3.8, 4) is 5.75 Å². The molecule has 0 spiro atoms. The molecule has 0 aromatic heterocycles. The molecule has 1 aromatic rings. The maximum atomic E-state index is 12.2. The first kappa shape index (κ1) is 16.1. The summed E-state index contributed by atoms with van der Waals surface area (Å²) in [4.78, 5) is 14.2. The Kier molecular flexibility index (Phi) is 6.33. The lowest BCUT2D eigenvalue weighted by Gasteiger charge is -2.24. The van der Waals surface area contributed by atoms with E-state index < -0.39 is 0 Å². The average Bonchev–Trinajstić information content (AvgIpc) is 2.94. The van der Waals surface area contributed by atoms with Crippen molar-refractivity contribution in [2.45, 2.75) is 31.7 Å². The highest BCUT2D eigenvalue weighted by atomic mass is 35.5. The van der Waals surface area contributed by atoms with Gasteiger partial charge in [0.25, 0.3) is 0 Å². The third-order valence-corrected chi connectivity index (χ3v) is 4.08. The van der Waals surface area contributed by atoms with Crippen molar-refractivity contribution in [3.63, 3.8) is 0 Å².